The summed E-state index contributed by atoms with van der Waals surface area (Å²) in [4.78, 5) is 0. The summed E-state index contributed by atoms with van der Waals surface area (Å²) >= 11 is 0. The average molecular weight is 130 g/mol. The summed E-state index contributed by atoms with van der Waals surface area (Å²) in [7, 11) is 0. The molecule has 0 spiro atoms. The van der Waals surface area contributed by atoms with Crippen LogP contribution in [0.15, 0.2) is 0 Å². The van der Waals surface area contributed by atoms with Gasteiger partial charge in [-0.15, -0.1) is 12.8 Å². The van der Waals surface area contributed by atoms with E-state index in [0.29, 0.717) is 0 Å². The SMILES string of the molecule is C#CC1(C2(C#C)CC2)CC1. The molecule has 0 aliphatic heterocycles. The zero-order valence-electron chi connectivity index (χ0n) is 5.98. The predicted molar refractivity (Wildman–Crippen MR) is 41.0 cm³/mol. The van der Waals surface area contributed by atoms with Gasteiger partial charge in [0.1, 0.15) is 0 Å². The van der Waals surface area contributed by atoms with Gasteiger partial charge in [-0.1, -0.05) is 11.8 Å². The van der Waals surface area contributed by atoms with Crippen molar-refractivity contribution in [2.45, 2.75) is 25.7 Å². The highest BCUT2D eigenvalue weighted by molar-refractivity contribution is 5.35. The van der Waals surface area contributed by atoms with Crippen LogP contribution >= 0.6 is 0 Å². The lowest BCUT2D eigenvalue weighted by atomic mass is 9.87. The molecular weight excluding hydrogens is 120 g/mol. The third-order valence-corrected chi connectivity index (χ3v) is 2.97. The Morgan fingerprint density at radius 3 is 1.20 bits per heavy atom. The zero-order chi connectivity index (χ0) is 7.24. The summed E-state index contributed by atoms with van der Waals surface area (Å²) in [6.45, 7) is 0. The van der Waals surface area contributed by atoms with Crippen LogP contribution in [0.3, 0.4) is 0 Å². The average Bonchev–Trinajstić information content (AvgIpc) is 2.84. The highest BCUT2D eigenvalue weighted by atomic mass is 14.6. The van der Waals surface area contributed by atoms with Gasteiger partial charge in [0.05, 0.1) is 0 Å². The van der Waals surface area contributed by atoms with Crippen molar-refractivity contribution in [3.8, 4) is 24.7 Å². The molecule has 0 aromatic rings. The molecule has 0 nitrogen and oxygen atoms in total. The van der Waals surface area contributed by atoms with Gasteiger partial charge in [-0.05, 0) is 25.7 Å². The van der Waals surface area contributed by atoms with Crippen molar-refractivity contribution in [3.63, 3.8) is 0 Å². The molecule has 2 aliphatic carbocycles. The second-order valence-electron chi connectivity index (χ2n) is 3.45. The summed E-state index contributed by atoms with van der Waals surface area (Å²) in [5.74, 6) is 5.73. The van der Waals surface area contributed by atoms with E-state index in [2.05, 4.69) is 11.8 Å². The first-order valence-electron chi connectivity index (χ1n) is 3.74. The van der Waals surface area contributed by atoms with Crippen molar-refractivity contribution >= 4 is 0 Å². The molecule has 2 fully saturated rings. The minimum Gasteiger partial charge on any atom is -0.119 e. The lowest BCUT2D eigenvalue weighted by Crippen LogP contribution is -2.12. The molecule has 0 aromatic carbocycles. The van der Waals surface area contributed by atoms with E-state index in [1.54, 1.807) is 0 Å². The first-order valence-corrected chi connectivity index (χ1v) is 3.74. The Hall–Kier alpha value is -0.880. The Morgan fingerprint density at radius 2 is 1.10 bits per heavy atom. The lowest BCUT2D eigenvalue weighted by Gasteiger charge is -2.13. The van der Waals surface area contributed by atoms with Gasteiger partial charge < -0.3 is 0 Å². The Morgan fingerprint density at radius 1 is 0.800 bits per heavy atom. The van der Waals surface area contributed by atoms with Crippen molar-refractivity contribution < 1.29 is 0 Å². The van der Waals surface area contributed by atoms with Crippen molar-refractivity contribution in [2.75, 3.05) is 0 Å². The number of terminal acetylenes is 2. The van der Waals surface area contributed by atoms with Crippen molar-refractivity contribution in [1.82, 2.24) is 0 Å². The first-order chi connectivity index (χ1) is 4.79. The maximum absolute atomic E-state index is 5.42. The largest absolute Gasteiger partial charge is 0.119 e. The fraction of sp³-hybridized carbons (Fsp3) is 0.600. The first kappa shape index (κ1) is 5.87. The Kier molecular flexibility index (Phi) is 0.825. The number of hydrogen-bond acceptors (Lipinski definition) is 0. The van der Waals surface area contributed by atoms with E-state index in [0.717, 1.165) is 25.7 Å². The standard InChI is InChI=1S/C10H10/c1-3-9(5-6-9)10(4-2)7-8-10/h1-2H,5-8H2. The molecule has 0 atom stereocenters. The van der Waals surface area contributed by atoms with Gasteiger partial charge in [-0.3, -0.25) is 0 Å². The Bertz CT molecular complexity index is 210. The summed E-state index contributed by atoms with van der Waals surface area (Å²) in [6, 6.07) is 0. The van der Waals surface area contributed by atoms with Gasteiger partial charge >= 0.3 is 0 Å². The van der Waals surface area contributed by atoms with Gasteiger partial charge in [0.25, 0.3) is 0 Å². The monoisotopic (exact) mass is 130 g/mol. The molecule has 0 heterocycles. The zero-order valence-corrected chi connectivity index (χ0v) is 5.98. The molecule has 50 valence electrons. The van der Waals surface area contributed by atoms with Gasteiger partial charge in [-0.2, -0.15) is 0 Å². The van der Waals surface area contributed by atoms with Crippen molar-refractivity contribution in [2.24, 2.45) is 10.8 Å². The third-order valence-electron chi connectivity index (χ3n) is 2.97. The van der Waals surface area contributed by atoms with Gasteiger partial charge in [-0.25, -0.2) is 0 Å². The summed E-state index contributed by atoms with van der Waals surface area (Å²) in [5.41, 5.74) is 0.281. The van der Waals surface area contributed by atoms with E-state index >= 15 is 0 Å². The van der Waals surface area contributed by atoms with Crippen LogP contribution in [0.1, 0.15) is 25.7 Å². The van der Waals surface area contributed by atoms with Crippen molar-refractivity contribution in [3.05, 3.63) is 0 Å². The molecule has 0 aromatic heterocycles. The molecule has 0 saturated heterocycles. The number of hydrogen-bond donors (Lipinski definition) is 0. The van der Waals surface area contributed by atoms with Crippen LogP contribution in [-0.4, -0.2) is 0 Å². The molecule has 0 radical (unpaired) electrons. The minimum absolute atomic E-state index is 0.141. The third kappa shape index (κ3) is 0.458. The van der Waals surface area contributed by atoms with Crippen LogP contribution in [0.2, 0.25) is 0 Å². The molecule has 2 saturated carbocycles. The van der Waals surface area contributed by atoms with Crippen LogP contribution < -0.4 is 0 Å². The molecule has 2 rings (SSSR count). The molecule has 0 unspecified atom stereocenters. The molecule has 0 bridgehead atoms. The van der Waals surface area contributed by atoms with E-state index in [1.807, 2.05) is 0 Å². The molecule has 0 amide bonds. The fourth-order valence-electron chi connectivity index (χ4n) is 1.77. The smallest absolute Gasteiger partial charge is 0.0478 e. The minimum atomic E-state index is 0.141. The van der Waals surface area contributed by atoms with E-state index in [-0.39, 0.29) is 10.8 Å². The van der Waals surface area contributed by atoms with Crippen LogP contribution in [0.5, 0.6) is 0 Å². The summed E-state index contributed by atoms with van der Waals surface area (Å²) < 4.78 is 0. The topological polar surface area (TPSA) is 0 Å². The van der Waals surface area contributed by atoms with E-state index < -0.39 is 0 Å². The molecule has 0 N–H and O–H groups in total. The van der Waals surface area contributed by atoms with Gasteiger partial charge in [0.2, 0.25) is 0 Å². The molecular formula is C10H10. The van der Waals surface area contributed by atoms with Crippen LogP contribution in [0, 0.1) is 35.5 Å². The van der Waals surface area contributed by atoms with Crippen molar-refractivity contribution in [1.29, 1.82) is 0 Å². The van der Waals surface area contributed by atoms with Crippen LogP contribution in [-0.2, 0) is 0 Å². The number of rotatable bonds is 1. The summed E-state index contributed by atoms with van der Waals surface area (Å²) in [5, 5.41) is 0. The van der Waals surface area contributed by atoms with E-state index in [9.17, 15) is 0 Å². The fourth-order valence-corrected chi connectivity index (χ4v) is 1.77. The molecule has 0 heteroatoms. The van der Waals surface area contributed by atoms with Gasteiger partial charge in [0, 0.05) is 10.8 Å². The van der Waals surface area contributed by atoms with E-state index in [1.165, 1.54) is 0 Å². The Balaban J connectivity index is 2.29. The lowest BCUT2D eigenvalue weighted by molar-refractivity contribution is 0.473. The normalized spacial score (nSPS) is 29.8. The Labute approximate surface area is 62.0 Å². The van der Waals surface area contributed by atoms with Crippen LogP contribution in [0.25, 0.3) is 0 Å². The molecule has 2 aliphatic rings. The predicted octanol–water partition coefficient (Wildman–Crippen LogP) is 1.81. The second-order valence-corrected chi connectivity index (χ2v) is 3.45. The van der Waals surface area contributed by atoms with Gasteiger partial charge in [0.15, 0.2) is 0 Å². The van der Waals surface area contributed by atoms with Crippen LogP contribution in [0.4, 0.5) is 0 Å². The maximum Gasteiger partial charge on any atom is 0.0478 e. The van der Waals surface area contributed by atoms with E-state index in [4.69, 9.17) is 12.8 Å². The molecule has 10 heavy (non-hydrogen) atoms. The second kappa shape index (κ2) is 1.40. The summed E-state index contributed by atoms with van der Waals surface area (Å²) in [6.07, 6.45) is 15.5. The maximum atomic E-state index is 5.42. The highest BCUT2D eigenvalue weighted by Crippen LogP contribution is 2.69. The quantitative estimate of drug-likeness (QED) is 0.475. The highest BCUT2D eigenvalue weighted by Gasteiger charge is 2.64.